The molecule has 0 saturated heterocycles. The SMILES string of the molecule is C=C(C)C(=O)OCCCCCCCCCCCCCCCCCCCCCCOC(=O)C(=C)C. The molecule has 0 heterocycles. The minimum Gasteiger partial charge on any atom is -0.462 e. The van der Waals surface area contributed by atoms with E-state index in [1.807, 2.05) is 0 Å². The number of hydrogen-bond donors (Lipinski definition) is 0. The van der Waals surface area contributed by atoms with Crippen LogP contribution >= 0.6 is 0 Å². The molecule has 198 valence electrons. The lowest BCUT2D eigenvalue weighted by atomic mass is 10.0. The second-order valence-corrected chi connectivity index (χ2v) is 9.90. The molecule has 0 unspecified atom stereocenters. The van der Waals surface area contributed by atoms with E-state index in [1.54, 1.807) is 13.8 Å². The summed E-state index contributed by atoms with van der Waals surface area (Å²) in [5.74, 6) is -0.527. The Morgan fingerprint density at radius 1 is 0.412 bits per heavy atom. The largest absolute Gasteiger partial charge is 0.462 e. The van der Waals surface area contributed by atoms with Gasteiger partial charge in [0.25, 0.3) is 0 Å². The van der Waals surface area contributed by atoms with Gasteiger partial charge in [-0.05, 0) is 26.7 Å². The van der Waals surface area contributed by atoms with Crippen molar-refractivity contribution in [1.82, 2.24) is 0 Å². The van der Waals surface area contributed by atoms with Gasteiger partial charge in [-0.25, -0.2) is 9.59 Å². The summed E-state index contributed by atoms with van der Waals surface area (Å²) in [6, 6.07) is 0. The minimum atomic E-state index is -0.264. The van der Waals surface area contributed by atoms with Gasteiger partial charge in [0.1, 0.15) is 0 Å². The summed E-state index contributed by atoms with van der Waals surface area (Å²) < 4.78 is 10.2. The summed E-state index contributed by atoms with van der Waals surface area (Å²) in [6.45, 7) is 11.6. The zero-order chi connectivity index (χ0) is 25.3. The Bertz CT molecular complexity index is 490. The number of ether oxygens (including phenoxy) is 2. The van der Waals surface area contributed by atoms with Gasteiger partial charge in [-0.2, -0.15) is 0 Å². The highest BCUT2D eigenvalue weighted by molar-refractivity contribution is 5.87. The van der Waals surface area contributed by atoms with E-state index in [2.05, 4.69) is 13.2 Å². The van der Waals surface area contributed by atoms with Crippen molar-refractivity contribution >= 4 is 11.9 Å². The number of carbonyl (C=O) groups is 2. The molecule has 0 N–H and O–H groups in total. The summed E-state index contributed by atoms with van der Waals surface area (Å²) in [4.78, 5) is 22.5. The van der Waals surface area contributed by atoms with Crippen molar-refractivity contribution in [3.8, 4) is 0 Å². The molecule has 0 spiro atoms. The van der Waals surface area contributed by atoms with Crippen molar-refractivity contribution in [2.75, 3.05) is 13.2 Å². The first kappa shape index (κ1) is 32.4. The van der Waals surface area contributed by atoms with Crippen LogP contribution < -0.4 is 0 Å². The van der Waals surface area contributed by atoms with Crippen molar-refractivity contribution in [3.05, 3.63) is 24.3 Å². The maximum absolute atomic E-state index is 11.3. The molecule has 0 fully saturated rings. The van der Waals surface area contributed by atoms with Gasteiger partial charge in [-0.3, -0.25) is 0 Å². The van der Waals surface area contributed by atoms with Gasteiger partial charge >= 0.3 is 11.9 Å². The molecule has 0 amide bonds. The van der Waals surface area contributed by atoms with Crippen LogP contribution in [0.2, 0.25) is 0 Å². The third-order valence-electron chi connectivity index (χ3n) is 6.20. The molecule has 0 aliphatic rings. The Kier molecular flexibility index (Phi) is 23.4. The molecule has 4 heteroatoms. The number of unbranched alkanes of at least 4 members (excludes halogenated alkanes) is 19. The Hall–Kier alpha value is -1.58. The summed E-state index contributed by atoms with van der Waals surface area (Å²) in [6.07, 6.45) is 25.9. The second-order valence-electron chi connectivity index (χ2n) is 9.90. The lowest BCUT2D eigenvalue weighted by Crippen LogP contribution is -2.05. The molecule has 34 heavy (non-hydrogen) atoms. The van der Waals surface area contributed by atoms with Crippen molar-refractivity contribution in [3.63, 3.8) is 0 Å². The molecule has 0 aromatic carbocycles. The van der Waals surface area contributed by atoms with Crippen molar-refractivity contribution in [1.29, 1.82) is 0 Å². The Morgan fingerprint density at radius 2 is 0.588 bits per heavy atom. The van der Waals surface area contributed by atoms with E-state index in [-0.39, 0.29) is 11.9 Å². The van der Waals surface area contributed by atoms with Gasteiger partial charge in [0, 0.05) is 11.1 Å². The van der Waals surface area contributed by atoms with E-state index in [0.717, 1.165) is 25.7 Å². The highest BCUT2D eigenvalue weighted by Gasteiger charge is 2.02. The fourth-order valence-corrected chi connectivity index (χ4v) is 3.96. The first-order valence-electron chi connectivity index (χ1n) is 14.1. The lowest BCUT2D eigenvalue weighted by Gasteiger charge is -2.05. The molecule has 0 bridgehead atoms. The van der Waals surface area contributed by atoms with Crippen LogP contribution in [0.4, 0.5) is 0 Å². The lowest BCUT2D eigenvalue weighted by molar-refractivity contribution is -0.139. The quantitative estimate of drug-likeness (QED) is 0.0746. The first-order chi connectivity index (χ1) is 16.4. The zero-order valence-electron chi connectivity index (χ0n) is 22.6. The summed E-state index contributed by atoms with van der Waals surface area (Å²) in [5, 5.41) is 0. The molecule has 0 aliphatic heterocycles. The van der Waals surface area contributed by atoms with Crippen LogP contribution in [0.1, 0.15) is 142 Å². The van der Waals surface area contributed by atoms with E-state index in [9.17, 15) is 9.59 Å². The van der Waals surface area contributed by atoms with Gasteiger partial charge in [-0.1, -0.05) is 129 Å². The average molecular weight is 479 g/mol. The van der Waals surface area contributed by atoms with Gasteiger partial charge in [0.15, 0.2) is 0 Å². The zero-order valence-corrected chi connectivity index (χ0v) is 22.6. The molecule has 0 saturated carbocycles. The Labute approximate surface area is 210 Å². The van der Waals surface area contributed by atoms with E-state index >= 15 is 0 Å². The van der Waals surface area contributed by atoms with Crippen molar-refractivity contribution < 1.29 is 19.1 Å². The number of esters is 2. The van der Waals surface area contributed by atoms with Gasteiger partial charge in [0.05, 0.1) is 13.2 Å². The van der Waals surface area contributed by atoms with Gasteiger partial charge < -0.3 is 9.47 Å². The summed E-state index contributed by atoms with van der Waals surface area (Å²) in [5.41, 5.74) is 0.966. The third-order valence-corrected chi connectivity index (χ3v) is 6.20. The molecular weight excluding hydrogens is 424 g/mol. The van der Waals surface area contributed by atoms with Gasteiger partial charge in [0.2, 0.25) is 0 Å². The highest BCUT2D eigenvalue weighted by Crippen LogP contribution is 2.15. The third kappa shape index (κ3) is 23.6. The average Bonchev–Trinajstić information content (AvgIpc) is 2.81. The topological polar surface area (TPSA) is 52.6 Å². The van der Waals surface area contributed by atoms with E-state index in [0.29, 0.717) is 24.4 Å². The van der Waals surface area contributed by atoms with Gasteiger partial charge in [-0.15, -0.1) is 0 Å². The summed E-state index contributed by atoms with van der Waals surface area (Å²) in [7, 11) is 0. The second kappa shape index (κ2) is 24.5. The van der Waals surface area contributed by atoms with Crippen LogP contribution in [-0.2, 0) is 19.1 Å². The van der Waals surface area contributed by atoms with Crippen LogP contribution in [0.5, 0.6) is 0 Å². The van der Waals surface area contributed by atoms with Crippen molar-refractivity contribution in [2.45, 2.75) is 142 Å². The fraction of sp³-hybridized carbons (Fsp3) is 0.800. The van der Waals surface area contributed by atoms with E-state index < -0.39 is 0 Å². The number of carbonyl (C=O) groups excluding carboxylic acids is 2. The maximum Gasteiger partial charge on any atom is 0.333 e. The Morgan fingerprint density at radius 3 is 0.765 bits per heavy atom. The fourth-order valence-electron chi connectivity index (χ4n) is 3.96. The predicted molar refractivity (Wildman–Crippen MR) is 144 cm³/mol. The Balaban J connectivity index is 3.11. The van der Waals surface area contributed by atoms with E-state index in [4.69, 9.17) is 9.47 Å². The van der Waals surface area contributed by atoms with Crippen LogP contribution in [0, 0.1) is 0 Å². The number of hydrogen-bond acceptors (Lipinski definition) is 4. The van der Waals surface area contributed by atoms with Crippen LogP contribution in [-0.4, -0.2) is 25.2 Å². The molecule has 0 aromatic rings. The first-order valence-corrected chi connectivity index (χ1v) is 14.1. The molecule has 0 rings (SSSR count). The number of rotatable bonds is 25. The van der Waals surface area contributed by atoms with Crippen LogP contribution in [0.3, 0.4) is 0 Å². The van der Waals surface area contributed by atoms with Crippen molar-refractivity contribution in [2.24, 2.45) is 0 Å². The molecule has 0 aromatic heterocycles. The molecule has 0 atom stereocenters. The highest BCUT2D eigenvalue weighted by atomic mass is 16.5. The monoisotopic (exact) mass is 478 g/mol. The molecule has 4 nitrogen and oxygen atoms in total. The summed E-state index contributed by atoms with van der Waals surface area (Å²) >= 11 is 0. The van der Waals surface area contributed by atoms with Crippen LogP contribution in [0.15, 0.2) is 24.3 Å². The molecular formula is C30H54O4. The smallest absolute Gasteiger partial charge is 0.333 e. The molecule has 0 aliphatic carbocycles. The predicted octanol–water partition coefficient (Wildman–Crippen LogP) is 9.03. The van der Waals surface area contributed by atoms with E-state index in [1.165, 1.54) is 103 Å². The molecule has 0 radical (unpaired) electrons. The maximum atomic E-state index is 11.3. The van der Waals surface area contributed by atoms with Crippen LogP contribution in [0.25, 0.3) is 0 Å². The normalized spacial score (nSPS) is 10.8. The standard InChI is InChI=1S/C30H54O4/c1-27(2)29(31)33-25-23-21-19-17-15-13-11-9-7-5-6-8-10-12-14-16-18-20-22-24-26-34-30(32)28(3)4/h1,3,5-26H2,2,4H3. The minimum absolute atomic E-state index is 0.264.